The summed E-state index contributed by atoms with van der Waals surface area (Å²) in [6.45, 7) is 6.27. The summed E-state index contributed by atoms with van der Waals surface area (Å²) >= 11 is 0. The zero-order valence-corrected chi connectivity index (χ0v) is 22.4. The van der Waals surface area contributed by atoms with Crippen LogP contribution < -0.4 is 10.2 Å². The average Bonchev–Trinajstić information content (AvgIpc) is 3.65. The number of hydrogen-bond acceptors (Lipinski definition) is 6. The average molecular weight is 550 g/mol. The highest BCUT2D eigenvalue weighted by Crippen LogP contribution is 2.46. The first-order chi connectivity index (χ1) is 19.4. The fourth-order valence-corrected chi connectivity index (χ4v) is 5.03. The SMILES string of the molecule is CC.N#CC1(C(=O)N2CCN(c3ccc4c(c3)c(NCc3cccc(C(F)F)c3F)nc3nccn34)CC2)CC1. The molecule has 0 radical (unpaired) electrons. The van der Waals surface area contributed by atoms with Crippen molar-refractivity contribution in [3.63, 3.8) is 0 Å². The molecule has 1 aliphatic carbocycles. The van der Waals surface area contributed by atoms with Gasteiger partial charge in [-0.25, -0.2) is 18.2 Å². The Balaban J connectivity index is 0.00000158. The molecule has 8 nitrogen and oxygen atoms in total. The van der Waals surface area contributed by atoms with Gasteiger partial charge in [0.05, 0.1) is 17.1 Å². The van der Waals surface area contributed by atoms with Gasteiger partial charge in [0.25, 0.3) is 6.43 Å². The van der Waals surface area contributed by atoms with E-state index in [9.17, 15) is 23.2 Å². The Labute approximate surface area is 230 Å². The van der Waals surface area contributed by atoms with Crippen LogP contribution in [0.5, 0.6) is 0 Å². The molecule has 2 aromatic heterocycles. The van der Waals surface area contributed by atoms with Crippen molar-refractivity contribution in [3.8, 4) is 6.07 Å². The summed E-state index contributed by atoms with van der Waals surface area (Å²) in [5, 5.41) is 13.2. The molecule has 0 unspecified atom stereocenters. The molecule has 1 saturated heterocycles. The highest BCUT2D eigenvalue weighted by Gasteiger charge is 2.52. The van der Waals surface area contributed by atoms with Gasteiger partial charge in [0.2, 0.25) is 11.7 Å². The van der Waals surface area contributed by atoms with Crippen LogP contribution in [0.1, 0.15) is 44.2 Å². The number of halogens is 3. The van der Waals surface area contributed by atoms with E-state index in [0.717, 1.165) is 22.7 Å². The van der Waals surface area contributed by atoms with Crippen molar-refractivity contribution in [1.29, 1.82) is 5.26 Å². The zero-order valence-electron chi connectivity index (χ0n) is 22.4. The van der Waals surface area contributed by atoms with Gasteiger partial charge in [0.15, 0.2) is 0 Å². The number of aromatic nitrogens is 3. The van der Waals surface area contributed by atoms with Gasteiger partial charge < -0.3 is 15.1 Å². The summed E-state index contributed by atoms with van der Waals surface area (Å²) in [5.74, 6) is -0.0905. The highest BCUT2D eigenvalue weighted by molar-refractivity contribution is 5.94. The minimum atomic E-state index is -2.90. The van der Waals surface area contributed by atoms with Crippen molar-refractivity contribution in [2.45, 2.75) is 39.7 Å². The molecule has 1 amide bonds. The van der Waals surface area contributed by atoms with Gasteiger partial charge in [-0.1, -0.05) is 32.0 Å². The molecule has 0 bridgehead atoms. The fourth-order valence-electron chi connectivity index (χ4n) is 5.03. The van der Waals surface area contributed by atoms with E-state index in [2.05, 4.69) is 26.3 Å². The van der Waals surface area contributed by atoms with Crippen LogP contribution in [0.4, 0.5) is 24.7 Å². The van der Waals surface area contributed by atoms with Crippen LogP contribution in [0.3, 0.4) is 0 Å². The monoisotopic (exact) mass is 549 g/mol. The largest absolute Gasteiger partial charge is 0.368 e. The van der Waals surface area contributed by atoms with Crippen LogP contribution in [0.15, 0.2) is 48.8 Å². The minimum Gasteiger partial charge on any atom is -0.368 e. The Kier molecular flexibility index (Phi) is 7.52. The summed E-state index contributed by atoms with van der Waals surface area (Å²) in [7, 11) is 0. The number of carbonyl (C=O) groups is 1. The van der Waals surface area contributed by atoms with E-state index in [1.165, 1.54) is 12.1 Å². The predicted octanol–water partition coefficient (Wildman–Crippen LogP) is 5.55. The predicted molar refractivity (Wildman–Crippen MR) is 147 cm³/mol. The fraction of sp³-hybridized carbons (Fsp3) is 0.379. The maximum absolute atomic E-state index is 14.6. The standard InChI is InChI=1S/C27H24F3N7O.C2H6/c28-22-17(2-1-3-19(22)23(29)30)15-33-24-20-14-18(4-5-21(20)37-9-8-32-26(37)34-24)35-10-12-36(13-11-35)25(38)27(16-31)6-7-27;1-2/h1-5,8-9,14,23H,6-7,10-13,15H2,(H,32,33,34);1-2H3. The van der Waals surface area contributed by atoms with Crippen LogP contribution in [0, 0.1) is 22.6 Å². The summed E-state index contributed by atoms with van der Waals surface area (Å²) < 4.78 is 42.8. The van der Waals surface area contributed by atoms with Crippen molar-refractivity contribution in [2.24, 2.45) is 5.41 Å². The van der Waals surface area contributed by atoms with Crippen molar-refractivity contribution < 1.29 is 18.0 Å². The Bertz CT molecular complexity index is 1580. The van der Waals surface area contributed by atoms with E-state index in [4.69, 9.17) is 0 Å². The van der Waals surface area contributed by atoms with Crippen molar-refractivity contribution >= 4 is 34.1 Å². The van der Waals surface area contributed by atoms with Gasteiger partial charge in [-0.3, -0.25) is 9.20 Å². The molecule has 2 aliphatic rings. The van der Waals surface area contributed by atoms with Crippen molar-refractivity contribution in [3.05, 3.63) is 65.7 Å². The van der Waals surface area contributed by atoms with Crippen LogP contribution in [0.25, 0.3) is 16.7 Å². The van der Waals surface area contributed by atoms with Crippen molar-refractivity contribution in [2.75, 3.05) is 36.4 Å². The number of anilines is 2. The first-order valence-corrected chi connectivity index (χ1v) is 13.4. The molecule has 2 fully saturated rings. The maximum Gasteiger partial charge on any atom is 0.266 e. The summed E-state index contributed by atoms with van der Waals surface area (Å²) in [4.78, 5) is 25.6. The third-order valence-electron chi connectivity index (χ3n) is 7.42. The van der Waals surface area contributed by atoms with Crippen LogP contribution in [-0.2, 0) is 11.3 Å². The molecular weight excluding hydrogens is 519 g/mol. The number of rotatable bonds is 6. The lowest BCUT2D eigenvalue weighted by Crippen LogP contribution is -2.50. The molecule has 11 heteroatoms. The number of alkyl halides is 2. The highest BCUT2D eigenvalue weighted by atomic mass is 19.3. The number of nitriles is 1. The van der Waals surface area contributed by atoms with E-state index >= 15 is 0 Å². The van der Waals surface area contributed by atoms with E-state index in [1.54, 1.807) is 17.3 Å². The smallest absolute Gasteiger partial charge is 0.266 e. The number of piperazine rings is 1. The van der Waals surface area contributed by atoms with Gasteiger partial charge >= 0.3 is 0 Å². The first-order valence-electron chi connectivity index (χ1n) is 13.4. The Morgan fingerprint density at radius 3 is 2.58 bits per heavy atom. The molecule has 1 aliphatic heterocycles. The number of fused-ring (bicyclic) bond motifs is 3. The van der Waals surface area contributed by atoms with Gasteiger partial charge in [-0.05, 0) is 31.0 Å². The number of nitrogens with zero attached hydrogens (tertiary/aromatic N) is 6. The third kappa shape index (κ3) is 4.90. The van der Waals surface area contributed by atoms with Gasteiger partial charge in [-0.15, -0.1) is 0 Å². The molecule has 1 saturated carbocycles. The molecule has 2 aromatic carbocycles. The summed E-state index contributed by atoms with van der Waals surface area (Å²) in [6.07, 6.45) is 1.80. The van der Waals surface area contributed by atoms with Crippen LogP contribution >= 0.6 is 0 Å². The van der Waals surface area contributed by atoms with Gasteiger partial charge in [0.1, 0.15) is 17.1 Å². The second kappa shape index (κ2) is 11.0. The van der Waals surface area contributed by atoms with Crippen LogP contribution in [-0.4, -0.2) is 51.4 Å². The number of carbonyl (C=O) groups excluding carboxylic acids is 1. The second-order valence-corrected chi connectivity index (χ2v) is 9.71. The minimum absolute atomic E-state index is 0.0307. The lowest BCUT2D eigenvalue weighted by molar-refractivity contribution is -0.135. The molecule has 1 N–H and O–H groups in total. The molecule has 0 atom stereocenters. The Morgan fingerprint density at radius 1 is 1.15 bits per heavy atom. The molecule has 0 spiro atoms. The molecule has 4 aromatic rings. The number of benzene rings is 2. The molecule has 3 heterocycles. The van der Waals surface area contributed by atoms with E-state index in [0.29, 0.717) is 50.6 Å². The number of amides is 1. The molecule has 40 heavy (non-hydrogen) atoms. The number of hydrogen-bond donors (Lipinski definition) is 1. The van der Waals surface area contributed by atoms with Crippen LogP contribution in [0.2, 0.25) is 0 Å². The maximum atomic E-state index is 14.6. The number of nitrogens with one attached hydrogen (secondary N) is 1. The van der Waals surface area contributed by atoms with Gasteiger partial charge in [0, 0.05) is 61.8 Å². The Hall–Kier alpha value is -4.33. The Morgan fingerprint density at radius 2 is 1.90 bits per heavy atom. The zero-order chi connectivity index (χ0) is 28.4. The van der Waals surface area contributed by atoms with Gasteiger partial charge in [-0.2, -0.15) is 10.2 Å². The van der Waals surface area contributed by atoms with Crippen molar-refractivity contribution in [1.82, 2.24) is 19.3 Å². The quantitative estimate of drug-likeness (QED) is 0.339. The first kappa shape index (κ1) is 27.2. The normalized spacial score (nSPS) is 16.0. The third-order valence-corrected chi connectivity index (χ3v) is 7.42. The number of imidazole rings is 1. The topological polar surface area (TPSA) is 89.6 Å². The molecular formula is C29H30F3N7O. The van der Waals surface area contributed by atoms with E-state index in [1.807, 2.05) is 36.4 Å². The van der Waals surface area contributed by atoms with E-state index < -0.39 is 23.2 Å². The van der Waals surface area contributed by atoms with E-state index in [-0.39, 0.29) is 18.0 Å². The second-order valence-electron chi connectivity index (χ2n) is 9.71. The molecule has 208 valence electrons. The molecule has 6 rings (SSSR count). The summed E-state index contributed by atoms with van der Waals surface area (Å²) in [5.41, 5.74) is 0.430. The summed E-state index contributed by atoms with van der Waals surface area (Å²) in [6, 6.07) is 12.1. The lowest BCUT2D eigenvalue weighted by atomic mass is 10.1. The lowest BCUT2D eigenvalue weighted by Gasteiger charge is -2.37.